The molecule has 100 valence electrons. The lowest BCUT2D eigenvalue weighted by Gasteiger charge is -2.20. The van der Waals surface area contributed by atoms with Gasteiger partial charge in [-0.05, 0) is 39.0 Å². The molecule has 0 spiro atoms. The number of benzene rings is 1. The largest absolute Gasteiger partial charge is 0.360 e. The van der Waals surface area contributed by atoms with Gasteiger partial charge in [-0.25, -0.2) is 0 Å². The number of carbonyl (C=O) groups excluding carboxylic acids is 1. The zero-order chi connectivity index (χ0) is 14.5. The van der Waals surface area contributed by atoms with E-state index >= 15 is 0 Å². The second-order valence-corrected chi connectivity index (χ2v) is 5.94. The highest BCUT2D eigenvalue weighted by molar-refractivity contribution is 9.10. The standard InChI is InChI=1S/C14H16BrN3O/c1-14(2,3)18-13(19)10(8-16)9-17-12-6-4-5-11(15)7-12/h4-7,9,17H,1-3H3,(H,18,19)/b10-9-. The highest BCUT2D eigenvalue weighted by Crippen LogP contribution is 2.15. The Morgan fingerprint density at radius 1 is 1.42 bits per heavy atom. The SMILES string of the molecule is CC(C)(C)NC(=O)/C(C#N)=C\Nc1cccc(Br)c1. The van der Waals surface area contributed by atoms with E-state index in [0.717, 1.165) is 10.2 Å². The fourth-order valence-electron chi connectivity index (χ4n) is 1.29. The molecule has 0 bridgehead atoms. The van der Waals surface area contributed by atoms with Crippen LogP contribution in [0, 0.1) is 11.3 Å². The van der Waals surface area contributed by atoms with E-state index in [1.54, 1.807) is 0 Å². The fraction of sp³-hybridized carbons (Fsp3) is 0.286. The normalized spacial score (nSPS) is 11.6. The minimum atomic E-state index is -0.391. The number of hydrogen-bond acceptors (Lipinski definition) is 3. The van der Waals surface area contributed by atoms with Crippen LogP contribution in [0.15, 0.2) is 40.5 Å². The zero-order valence-corrected chi connectivity index (χ0v) is 12.7. The zero-order valence-electron chi connectivity index (χ0n) is 11.1. The van der Waals surface area contributed by atoms with Gasteiger partial charge >= 0.3 is 0 Å². The maximum Gasteiger partial charge on any atom is 0.263 e. The van der Waals surface area contributed by atoms with Gasteiger partial charge in [-0.15, -0.1) is 0 Å². The molecule has 0 saturated heterocycles. The smallest absolute Gasteiger partial charge is 0.263 e. The molecule has 0 radical (unpaired) electrons. The maximum atomic E-state index is 11.8. The van der Waals surface area contributed by atoms with Gasteiger partial charge in [0.15, 0.2) is 0 Å². The molecule has 0 aliphatic heterocycles. The predicted molar refractivity (Wildman–Crippen MR) is 79.4 cm³/mol. The molecule has 0 aliphatic rings. The number of carbonyl (C=O) groups is 1. The second-order valence-electron chi connectivity index (χ2n) is 5.03. The Kier molecular flexibility index (Phi) is 5.13. The van der Waals surface area contributed by atoms with E-state index < -0.39 is 5.91 Å². The molecular weight excluding hydrogens is 306 g/mol. The maximum absolute atomic E-state index is 11.8. The van der Waals surface area contributed by atoms with Gasteiger partial charge in [-0.1, -0.05) is 22.0 Å². The van der Waals surface area contributed by atoms with Gasteiger partial charge in [-0.2, -0.15) is 5.26 Å². The highest BCUT2D eigenvalue weighted by atomic mass is 79.9. The van der Waals surface area contributed by atoms with Crippen molar-refractivity contribution in [3.8, 4) is 6.07 Å². The van der Waals surface area contributed by atoms with Crippen molar-refractivity contribution >= 4 is 27.5 Å². The minimum absolute atomic E-state index is 0.0369. The van der Waals surface area contributed by atoms with Crippen LogP contribution in [0.5, 0.6) is 0 Å². The van der Waals surface area contributed by atoms with E-state index in [-0.39, 0.29) is 11.1 Å². The summed E-state index contributed by atoms with van der Waals surface area (Å²) in [5, 5.41) is 14.7. The van der Waals surface area contributed by atoms with Crippen molar-refractivity contribution < 1.29 is 4.79 Å². The van der Waals surface area contributed by atoms with E-state index in [1.807, 2.05) is 51.1 Å². The lowest BCUT2D eigenvalue weighted by atomic mass is 10.1. The quantitative estimate of drug-likeness (QED) is 0.663. The van der Waals surface area contributed by atoms with Crippen LogP contribution in [-0.4, -0.2) is 11.4 Å². The van der Waals surface area contributed by atoms with Gasteiger partial charge in [0.1, 0.15) is 11.6 Å². The Labute approximate surface area is 121 Å². The number of halogens is 1. The molecule has 1 rings (SSSR count). The molecule has 0 aliphatic carbocycles. The Hall–Kier alpha value is -1.80. The van der Waals surface area contributed by atoms with E-state index in [0.29, 0.717) is 0 Å². The Bertz CT molecular complexity index is 538. The number of rotatable bonds is 3. The van der Waals surface area contributed by atoms with Gasteiger partial charge in [0.05, 0.1) is 0 Å². The summed E-state index contributed by atoms with van der Waals surface area (Å²) in [4.78, 5) is 11.8. The third-order valence-corrected chi connectivity index (χ3v) is 2.55. The van der Waals surface area contributed by atoms with Crippen LogP contribution in [0.25, 0.3) is 0 Å². The average Bonchev–Trinajstić information content (AvgIpc) is 2.27. The number of nitriles is 1. The van der Waals surface area contributed by atoms with Crippen LogP contribution < -0.4 is 10.6 Å². The summed E-state index contributed by atoms with van der Waals surface area (Å²) in [5.74, 6) is -0.391. The molecular formula is C14H16BrN3O. The lowest BCUT2D eigenvalue weighted by molar-refractivity contribution is -0.118. The minimum Gasteiger partial charge on any atom is -0.360 e. The topological polar surface area (TPSA) is 64.9 Å². The van der Waals surface area contributed by atoms with Crippen LogP contribution in [0.3, 0.4) is 0 Å². The summed E-state index contributed by atoms with van der Waals surface area (Å²) in [6, 6.07) is 9.34. The van der Waals surface area contributed by atoms with Crippen molar-refractivity contribution in [2.24, 2.45) is 0 Å². The fourth-order valence-corrected chi connectivity index (χ4v) is 1.69. The molecule has 0 saturated carbocycles. The van der Waals surface area contributed by atoms with E-state index in [4.69, 9.17) is 5.26 Å². The van der Waals surface area contributed by atoms with Crippen molar-refractivity contribution in [1.29, 1.82) is 5.26 Å². The monoisotopic (exact) mass is 321 g/mol. The average molecular weight is 322 g/mol. The van der Waals surface area contributed by atoms with Crippen LogP contribution in [-0.2, 0) is 4.79 Å². The predicted octanol–water partition coefficient (Wildman–Crippen LogP) is 3.18. The Morgan fingerprint density at radius 2 is 2.11 bits per heavy atom. The number of nitrogens with zero attached hydrogens (tertiary/aromatic N) is 1. The molecule has 0 heterocycles. The van der Waals surface area contributed by atoms with Crippen LogP contribution in [0.2, 0.25) is 0 Å². The van der Waals surface area contributed by atoms with E-state index in [1.165, 1.54) is 6.20 Å². The first-order chi connectivity index (χ1) is 8.81. The van der Waals surface area contributed by atoms with Crippen molar-refractivity contribution in [3.63, 3.8) is 0 Å². The molecule has 5 heteroatoms. The van der Waals surface area contributed by atoms with E-state index in [2.05, 4.69) is 26.6 Å². The molecule has 0 aromatic heterocycles. The molecule has 1 amide bonds. The van der Waals surface area contributed by atoms with Gasteiger partial charge in [0.25, 0.3) is 5.91 Å². The van der Waals surface area contributed by atoms with Crippen molar-refractivity contribution in [3.05, 3.63) is 40.5 Å². The Balaban J connectivity index is 2.78. The molecule has 1 aromatic rings. The summed E-state index contributed by atoms with van der Waals surface area (Å²) in [6.07, 6.45) is 1.41. The summed E-state index contributed by atoms with van der Waals surface area (Å²) < 4.78 is 0.920. The van der Waals surface area contributed by atoms with Crippen molar-refractivity contribution in [2.45, 2.75) is 26.3 Å². The van der Waals surface area contributed by atoms with Crippen LogP contribution in [0.1, 0.15) is 20.8 Å². The molecule has 2 N–H and O–H groups in total. The van der Waals surface area contributed by atoms with Crippen LogP contribution >= 0.6 is 15.9 Å². The van der Waals surface area contributed by atoms with Gasteiger partial charge in [-0.3, -0.25) is 4.79 Å². The molecule has 0 fully saturated rings. The highest BCUT2D eigenvalue weighted by Gasteiger charge is 2.16. The van der Waals surface area contributed by atoms with Crippen molar-refractivity contribution in [2.75, 3.05) is 5.32 Å². The number of anilines is 1. The number of nitrogens with one attached hydrogen (secondary N) is 2. The van der Waals surface area contributed by atoms with Gasteiger partial charge in [0, 0.05) is 21.9 Å². The third kappa shape index (κ3) is 5.58. The molecule has 0 atom stereocenters. The van der Waals surface area contributed by atoms with E-state index in [9.17, 15) is 4.79 Å². The second kappa shape index (κ2) is 6.39. The van der Waals surface area contributed by atoms with Gasteiger partial charge in [0.2, 0.25) is 0 Å². The number of amides is 1. The van der Waals surface area contributed by atoms with Crippen LogP contribution in [0.4, 0.5) is 5.69 Å². The summed E-state index contributed by atoms with van der Waals surface area (Å²) in [6.45, 7) is 5.59. The molecule has 1 aromatic carbocycles. The first-order valence-electron chi connectivity index (χ1n) is 5.77. The first-order valence-corrected chi connectivity index (χ1v) is 6.56. The molecule has 4 nitrogen and oxygen atoms in total. The molecule has 0 unspecified atom stereocenters. The summed E-state index contributed by atoms with van der Waals surface area (Å²) in [7, 11) is 0. The number of hydrogen-bond donors (Lipinski definition) is 2. The summed E-state index contributed by atoms with van der Waals surface area (Å²) >= 11 is 3.35. The summed E-state index contributed by atoms with van der Waals surface area (Å²) in [5.41, 5.74) is 0.462. The Morgan fingerprint density at radius 3 is 2.63 bits per heavy atom. The molecule has 19 heavy (non-hydrogen) atoms. The first kappa shape index (κ1) is 15.3. The van der Waals surface area contributed by atoms with Gasteiger partial charge < -0.3 is 10.6 Å². The third-order valence-electron chi connectivity index (χ3n) is 2.06. The van der Waals surface area contributed by atoms with Crippen molar-refractivity contribution in [1.82, 2.24) is 5.32 Å². The lowest BCUT2D eigenvalue weighted by Crippen LogP contribution is -2.41.